The zero-order valence-corrected chi connectivity index (χ0v) is 14.5. The van der Waals surface area contributed by atoms with Crippen molar-refractivity contribution in [2.45, 2.75) is 26.2 Å². The molecule has 1 aromatic carbocycles. The number of benzene rings is 1. The van der Waals surface area contributed by atoms with Gasteiger partial charge in [0.25, 0.3) is 5.91 Å². The zero-order valence-electron chi connectivity index (χ0n) is 12.9. The van der Waals surface area contributed by atoms with Crippen LogP contribution in [0.25, 0.3) is 5.69 Å². The minimum absolute atomic E-state index is 0.312. The van der Waals surface area contributed by atoms with E-state index in [4.69, 9.17) is 11.6 Å². The van der Waals surface area contributed by atoms with E-state index in [0.717, 1.165) is 30.0 Å². The normalized spacial score (nSPS) is 10.8. The Hall–Kier alpha value is -2.32. The van der Waals surface area contributed by atoms with Gasteiger partial charge in [-0.25, -0.2) is 0 Å². The molecule has 0 unspecified atom stereocenters. The van der Waals surface area contributed by atoms with Gasteiger partial charge >= 0.3 is 0 Å². The number of amides is 1. The van der Waals surface area contributed by atoms with E-state index in [1.165, 1.54) is 11.3 Å². The third-order valence-corrected chi connectivity index (χ3v) is 4.56. The number of nitrogens with one attached hydrogen (secondary N) is 1. The van der Waals surface area contributed by atoms with Crippen molar-refractivity contribution in [1.82, 2.24) is 25.0 Å². The fourth-order valence-corrected chi connectivity index (χ4v) is 3.12. The molecule has 0 saturated heterocycles. The summed E-state index contributed by atoms with van der Waals surface area (Å²) in [5.41, 5.74) is 1.15. The second-order valence-electron chi connectivity index (χ2n) is 5.09. The lowest BCUT2D eigenvalue weighted by molar-refractivity contribution is 0.102. The Morgan fingerprint density at radius 1 is 1.29 bits per heavy atom. The van der Waals surface area contributed by atoms with E-state index in [-0.39, 0.29) is 5.91 Å². The van der Waals surface area contributed by atoms with E-state index < -0.39 is 0 Å². The second-order valence-corrected chi connectivity index (χ2v) is 6.56. The van der Waals surface area contributed by atoms with Crippen molar-refractivity contribution in [2.24, 2.45) is 0 Å². The molecule has 0 spiro atoms. The summed E-state index contributed by atoms with van der Waals surface area (Å²) in [7, 11) is 0. The highest BCUT2D eigenvalue weighted by atomic mass is 35.5. The van der Waals surface area contributed by atoms with Gasteiger partial charge in [-0.15, -0.1) is 20.4 Å². The third kappa shape index (κ3) is 3.77. The van der Waals surface area contributed by atoms with E-state index in [0.29, 0.717) is 15.7 Å². The topological polar surface area (TPSA) is 85.6 Å². The summed E-state index contributed by atoms with van der Waals surface area (Å²) in [6.07, 6.45) is 6.14. The molecule has 1 amide bonds. The van der Waals surface area contributed by atoms with Crippen LogP contribution < -0.4 is 5.32 Å². The van der Waals surface area contributed by atoms with Crippen LogP contribution in [0.5, 0.6) is 0 Å². The molecular formula is C15H15ClN6OS. The SMILES string of the molecule is CCCCc1nnc(NC(=O)c2ccc(-n3cnnc3)cc2Cl)s1. The number of nitrogens with zero attached hydrogens (tertiary/aromatic N) is 5. The van der Waals surface area contributed by atoms with Gasteiger partial charge in [0, 0.05) is 12.1 Å². The summed E-state index contributed by atoms with van der Waals surface area (Å²) < 4.78 is 1.71. The molecule has 2 heterocycles. The molecule has 0 aliphatic heterocycles. The van der Waals surface area contributed by atoms with Gasteiger partial charge in [0.15, 0.2) is 0 Å². The minimum atomic E-state index is -0.312. The fourth-order valence-electron chi connectivity index (χ4n) is 2.08. The van der Waals surface area contributed by atoms with Crippen molar-refractivity contribution >= 4 is 34.0 Å². The van der Waals surface area contributed by atoms with Gasteiger partial charge in [-0.3, -0.25) is 14.7 Å². The Kier molecular flexibility index (Phi) is 5.17. The molecule has 0 aliphatic rings. The number of aryl methyl sites for hydroxylation is 1. The van der Waals surface area contributed by atoms with Crippen LogP contribution in [0, 0.1) is 0 Å². The molecule has 0 atom stereocenters. The first-order valence-electron chi connectivity index (χ1n) is 7.45. The van der Waals surface area contributed by atoms with Crippen LogP contribution in [0.4, 0.5) is 5.13 Å². The Labute approximate surface area is 147 Å². The number of rotatable bonds is 6. The number of unbranched alkanes of at least 4 members (excludes halogenated alkanes) is 1. The van der Waals surface area contributed by atoms with E-state index in [9.17, 15) is 4.79 Å². The largest absolute Gasteiger partial charge is 0.296 e. The molecule has 3 rings (SSSR count). The Morgan fingerprint density at radius 2 is 2.08 bits per heavy atom. The highest BCUT2D eigenvalue weighted by Gasteiger charge is 2.14. The summed E-state index contributed by atoms with van der Waals surface area (Å²) in [5.74, 6) is -0.312. The maximum absolute atomic E-state index is 12.4. The molecule has 0 saturated carbocycles. The van der Waals surface area contributed by atoms with Crippen molar-refractivity contribution in [2.75, 3.05) is 5.32 Å². The van der Waals surface area contributed by atoms with Crippen molar-refractivity contribution in [3.05, 3.63) is 46.4 Å². The molecule has 9 heteroatoms. The van der Waals surface area contributed by atoms with E-state index in [1.807, 2.05) is 0 Å². The molecule has 0 bridgehead atoms. The first-order chi connectivity index (χ1) is 11.7. The molecule has 1 N–H and O–H groups in total. The summed E-state index contributed by atoms with van der Waals surface area (Å²) in [5, 5.41) is 20.0. The lowest BCUT2D eigenvalue weighted by Gasteiger charge is -2.06. The quantitative estimate of drug-likeness (QED) is 0.726. The van der Waals surface area contributed by atoms with Crippen molar-refractivity contribution < 1.29 is 4.79 Å². The Morgan fingerprint density at radius 3 is 2.79 bits per heavy atom. The van der Waals surface area contributed by atoms with Gasteiger partial charge in [-0.05, 0) is 24.6 Å². The summed E-state index contributed by atoms with van der Waals surface area (Å²) in [4.78, 5) is 12.4. The highest BCUT2D eigenvalue weighted by Crippen LogP contribution is 2.23. The van der Waals surface area contributed by atoms with Gasteiger partial charge in [0.1, 0.15) is 17.7 Å². The van der Waals surface area contributed by atoms with Crippen LogP contribution in [-0.4, -0.2) is 30.9 Å². The molecule has 3 aromatic rings. The lowest BCUT2D eigenvalue weighted by Crippen LogP contribution is -2.12. The molecule has 124 valence electrons. The summed E-state index contributed by atoms with van der Waals surface area (Å²) in [6, 6.07) is 5.12. The molecule has 0 radical (unpaired) electrons. The average molecular weight is 363 g/mol. The molecule has 0 fully saturated rings. The molecule has 7 nitrogen and oxygen atoms in total. The smallest absolute Gasteiger partial charge is 0.259 e. The van der Waals surface area contributed by atoms with Crippen LogP contribution in [0.15, 0.2) is 30.9 Å². The number of anilines is 1. The van der Waals surface area contributed by atoms with Crippen molar-refractivity contribution in [1.29, 1.82) is 0 Å². The first-order valence-corrected chi connectivity index (χ1v) is 8.65. The van der Waals surface area contributed by atoms with Gasteiger partial charge < -0.3 is 0 Å². The number of carbonyl (C=O) groups excluding carboxylic acids is 1. The molecule has 24 heavy (non-hydrogen) atoms. The average Bonchev–Trinajstić information content (AvgIpc) is 3.24. The van der Waals surface area contributed by atoms with E-state index in [1.54, 1.807) is 35.4 Å². The van der Waals surface area contributed by atoms with Crippen LogP contribution in [-0.2, 0) is 6.42 Å². The summed E-state index contributed by atoms with van der Waals surface area (Å²) >= 11 is 7.62. The number of hydrogen-bond acceptors (Lipinski definition) is 6. The van der Waals surface area contributed by atoms with E-state index in [2.05, 4.69) is 32.6 Å². The van der Waals surface area contributed by atoms with Crippen molar-refractivity contribution in [3.63, 3.8) is 0 Å². The minimum Gasteiger partial charge on any atom is -0.296 e. The van der Waals surface area contributed by atoms with Crippen molar-refractivity contribution in [3.8, 4) is 5.69 Å². The lowest BCUT2D eigenvalue weighted by atomic mass is 10.2. The maximum Gasteiger partial charge on any atom is 0.259 e. The summed E-state index contributed by atoms with van der Waals surface area (Å²) in [6.45, 7) is 2.12. The highest BCUT2D eigenvalue weighted by molar-refractivity contribution is 7.15. The number of hydrogen-bond donors (Lipinski definition) is 1. The van der Waals surface area contributed by atoms with Crippen LogP contribution in [0.1, 0.15) is 35.1 Å². The second kappa shape index (κ2) is 7.50. The maximum atomic E-state index is 12.4. The standard InChI is InChI=1S/C15H15ClN6OS/c1-2-3-4-13-20-21-15(24-13)19-14(23)11-6-5-10(7-12(11)16)22-8-17-18-9-22/h5-9H,2-4H2,1H3,(H,19,21,23). The van der Waals surface area contributed by atoms with Gasteiger partial charge in [-0.2, -0.15) is 0 Å². The third-order valence-electron chi connectivity index (χ3n) is 3.35. The molecule has 2 aromatic heterocycles. The van der Waals surface area contributed by atoms with Gasteiger partial charge in [0.05, 0.1) is 10.6 Å². The predicted molar refractivity (Wildman–Crippen MR) is 92.8 cm³/mol. The predicted octanol–water partition coefficient (Wildman–Crippen LogP) is 3.37. The van der Waals surface area contributed by atoms with Crippen LogP contribution in [0.3, 0.4) is 0 Å². The van der Waals surface area contributed by atoms with Crippen LogP contribution in [0.2, 0.25) is 5.02 Å². The Balaban J connectivity index is 1.72. The fraction of sp³-hybridized carbons (Fsp3) is 0.267. The van der Waals surface area contributed by atoms with Crippen LogP contribution >= 0.6 is 22.9 Å². The molecule has 0 aliphatic carbocycles. The number of halogens is 1. The molecular weight excluding hydrogens is 348 g/mol. The monoisotopic (exact) mass is 362 g/mol. The van der Waals surface area contributed by atoms with Gasteiger partial charge in [0.2, 0.25) is 5.13 Å². The zero-order chi connectivity index (χ0) is 16.9. The number of carbonyl (C=O) groups is 1. The number of aromatic nitrogens is 5. The first kappa shape index (κ1) is 16.5. The van der Waals surface area contributed by atoms with E-state index >= 15 is 0 Å². The Bertz CT molecular complexity index is 832. The van der Waals surface area contributed by atoms with Gasteiger partial charge in [-0.1, -0.05) is 36.3 Å².